The molecule has 1 aliphatic carbocycles. The molecule has 0 radical (unpaired) electrons. The first-order valence-electron chi connectivity index (χ1n) is 8.94. The molecule has 26 heavy (non-hydrogen) atoms. The molecule has 1 aromatic rings. The normalized spacial score (nSPS) is 24.6. The van der Waals surface area contributed by atoms with Crippen LogP contribution in [0.25, 0.3) is 0 Å². The Morgan fingerprint density at radius 1 is 1.04 bits per heavy atom. The standard InChI is InChI=1S/C18H25N3O4S/c1-13(22)14-3-6-17(7-4-14)26(24,25)21-10-8-20(9-11-21)18(23)15-2-5-16(19)12-15/h3-4,6-7,15-16H,2,5,8-12,19H2,1H3. The number of sulfonamides is 1. The van der Waals surface area contributed by atoms with Crippen molar-refractivity contribution in [2.24, 2.45) is 11.7 Å². The number of Topliss-reactive ketones (excluding diaryl/α,β-unsaturated/α-hetero) is 1. The van der Waals surface area contributed by atoms with Gasteiger partial charge in [0.25, 0.3) is 0 Å². The molecule has 142 valence electrons. The number of carbonyl (C=O) groups is 2. The third-order valence-corrected chi connectivity index (χ3v) is 7.18. The highest BCUT2D eigenvalue weighted by Gasteiger charge is 2.35. The van der Waals surface area contributed by atoms with Crippen LogP contribution in [-0.2, 0) is 14.8 Å². The third kappa shape index (κ3) is 3.82. The van der Waals surface area contributed by atoms with Crippen molar-refractivity contribution in [2.45, 2.75) is 37.1 Å². The second-order valence-corrected chi connectivity index (χ2v) is 9.02. The molecular weight excluding hydrogens is 354 g/mol. The Bertz CT molecular complexity index is 783. The molecule has 0 aromatic heterocycles. The topological polar surface area (TPSA) is 101 Å². The van der Waals surface area contributed by atoms with Gasteiger partial charge in [0.15, 0.2) is 5.78 Å². The molecule has 7 nitrogen and oxygen atoms in total. The quantitative estimate of drug-likeness (QED) is 0.782. The molecule has 2 fully saturated rings. The molecule has 1 amide bonds. The molecule has 2 unspecified atom stereocenters. The first-order chi connectivity index (χ1) is 12.3. The zero-order valence-electron chi connectivity index (χ0n) is 14.9. The summed E-state index contributed by atoms with van der Waals surface area (Å²) in [6.45, 7) is 2.80. The molecule has 1 saturated heterocycles. The van der Waals surface area contributed by atoms with Crippen LogP contribution < -0.4 is 5.73 Å². The van der Waals surface area contributed by atoms with E-state index in [4.69, 9.17) is 5.73 Å². The van der Waals surface area contributed by atoms with Crippen molar-refractivity contribution in [1.82, 2.24) is 9.21 Å². The van der Waals surface area contributed by atoms with Crippen LogP contribution in [0.5, 0.6) is 0 Å². The molecule has 0 bridgehead atoms. The van der Waals surface area contributed by atoms with E-state index < -0.39 is 10.0 Å². The Labute approximate surface area is 154 Å². The number of nitrogens with zero attached hydrogens (tertiary/aromatic N) is 2. The predicted octanol–water partition coefficient (Wildman–Crippen LogP) is 0.850. The van der Waals surface area contributed by atoms with Crippen LogP contribution in [-0.4, -0.2) is 61.5 Å². The minimum Gasteiger partial charge on any atom is -0.340 e. The summed E-state index contributed by atoms with van der Waals surface area (Å²) in [7, 11) is -3.62. The van der Waals surface area contributed by atoms with Crippen LogP contribution in [0, 0.1) is 5.92 Å². The van der Waals surface area contributed by atoms with Crippen LogP contribution in [0.4, 0.5) is 0 Å². The van der Waals surface area contributed by atoms with Crippen LogP contribution in [0.2, 0.25) is 0 Å². The van der Waals surface area contributed by atoms with Gasteiger partial charge < -0.3 is 10.6 Å². The lowest BCUT2D eigenvalue weighted by molar-refractivity contribution is -0.136. The lowest BCUT2D eigenvalue weighted by Crippen LogP contribution is -2.51. The molecule has 0 spiro atoms. The van der Waals surface area contributed by atoms with Crippen molar-refractivity contribution in [3.05, 3.63) is 29.8 Å². The van der Waals surface area contributed by atoms with Gasteiger partial charge in [0.1, 0.15) is 0 Å². The summed E-state index contributed by atoms with van der Waals surface area (Å²) in [4.78, 5) is 25.8. The van der Waals surface area contributed by atoms with Gasteiger partial charge in [-0.1, -0.05) is 12.1 Å². The molecule has 2 aliphatic rings. The highest BCUT2D eigenvalue weighted by atomic mass is 32.2. The van der Waals surface area contributed by atoms with Gasteiger partial charge in [-0.3, -0.25) is 9.59 Å². The fourth-order valence-electron chi connectivity index (χ4n) is 3.66. The number of rotatable bonds is 4. The number of piperazine rings is 1. The van der Waals surface area contributed by atoms with Crippen molar-refractivity contribution < 1.29 is 18.0 Å². The van der Waals surface area contributed by atoms with Crippen molar-refractivity contribution in [3.8, 4) is 0 Å². The van der Waals surface area contributed by atoms with Crippen molar-refractivity contribution in [3.63, 3.8) is 0 Å². The highest BCUT2D eigenvalue weighted by molar-refractivity contribution is 7.89. The third-order valence-electron chi connectivity index (χ3n) is 5.27. The van der Waals surface area contributed by atoms with Crippen LogP contribution >= 0.6 is 0 Å². The van der Waals surface area contributed by atoms with E-state index in [0.717, 1.165) is 19.3 Å². The molecule has 2 atom stereocenters. The number of hydrogen-bond donors (Lipinski definition) is 1. The molecule has 2 N–H and O–H groups in total. The first kappa shape index (κ1) is 19.0. The summed E-state index contributed by atoms with van der Waals surface area (Å²) in [5, 5.41) is 0. The van der Waals surface area contributed by atoms with Gasteiger partial charge >= 0.3 is 0 Å². The zero-order valence-corrected chi connectivity index (χ0v) is 15.7. The average Bonchev–Trinajstić information content (AvgIpc) is 3.07. The predicted molar refractivity (Wildman–Crippen MR) is 97.1 cm³/mol. The van der Waals surface area contributed by atoms with E-state index in [9.17, 15) is 18.0 Å². The van der Waals surface area contributed by atoms with E-state index in [-0.39, 0.29) is 41.6 Å². The van der Waals surface area contributed by atoms with E-state index >= 15 is 0 Å². The van der Waals surface area contributed by atoms with Crippen LogP contribution in [0.3, 0.4) is 0 Å². The summed E-state index contributed by atoms with van der Waals surface area (Å²) in [5.41, 5.74) is 6.37. The number of hydrogen-bond acceptors (Lipinski definition) is 5. The molecule has 3 rings (SSSR count). The van der Waals surface area contributed by atoms with Gasteiger partial charge in [0.2, 0.25) is 15.9 Å². The smallest absolute Gasteiger partial charge is 0.243 e. The van der Waals surface area contributed by atoms with Crippen LogP contribution in [0.1, 0.15) is 36.5 Å². The molecular formula is C18H25N3O4S. The Hall–Kier alpha value is -1.77. The number of amides is 1. The molecule has 1 aliphatic heterocycles. The number of ketones is 1. The van der Waals surface area contributed by atoms with Crippen LogP contribution in [0.15, 0.2) is 29.2 Å². The minimum atomic E-state index is -3.62. The second-order valence-electron chi connectivity index (χ2n) is 7.08. The second kappa shape index (κ2) is 7.46. The summed E-state index contributed by atoms with van der Waals surface area (Å²) in [6, 6.07) is 6.08. The zero-order chi connectivity index (χ0) is 18.9. The van der Waals surface area contributed by atoms with Gasteiger partial charge in [-0.05, 0) is 38.3 Å². The summed E-state index contributed by atoms with van der Waals surface area (Å²) < 4.78 is 26.9. The molecule has 1 heterocycles. The fourth-order valence-corrected chi connectivity index (χ4v) is 5.08. The minimum absolute atomic E-state index is 0.0210. The Balaban J connectivity index is 1.63. The Kier molecular flexibility index (Phi) is 5.45. The largest absolute Gasteiger partial charge is 0.340 e. The van der Waals surface area contributed by atoms with Gasteiger partial charge in [0, 0.05) is 43.7 Å². The van der Waals surface area contributed by atoms with E-state index in [1.807, 2.05) is 0 Å². The Morgan fingerprint density at radius 2 is 1.65 bits per heavy atom. The Morgan fingerprint density at radius 3 is 2.15 bits per heavy atom. The van der Waals surface area contributed by atoms with Crippen molar-refractivity contribution in [1.29, 1.82) is 0 Å². The SMILES string of the molecule is CC(=O)c1ccc(S(=O)(=O)N2CCN(C(=O)C3CCC(N)C3)CC2)cc1. The first-order valence-corrected chi connectivity index (χ1v) is 10.4. The van der Waals surface area contributed by atoms with Crippen molar-refractivity contribution >= 4 is 21.7 Å². The van der Waals surface area contributed by atoms with E-state index in [1.54, 1.807) is 4.90 Å². The summed E-state index contributed by atoms with van der Waals surface area (Å²) >= 11 is 0. The van der Waals surface area contributed by atoms with E-state index in [0.29, 0.717) is 18.7 Å². The van der Waals surface area contributed by atoms with Gasteiger partial charge in [-0.25, -0.2) is 8.42 Å². The number of benzene rings is 1. The molecule has 1 aromatic carbocycles. The fraction of sp³-hybridized carbons (Fsp3) is 0.556. The number of carbonyl (C=O) groups excluding carboxylic acids is 2. The molecule has 1 saturated carbocycles. The number of nitrogens with two attached hydrogens (primary N) is 1. The maximum absolute atomic E-state index is 12.8. The highest BCUT2D eigenvalue weighted by Crippen LogP contribution is 2.27. The van der Waals surface area contributed by atoms with E-state index in [2.05, 4.69) is 0 Å². The van der Waals surface area contributed by atoms with E-state index in [1.165, 1.54) is 35.5 Å². The maximum Gasteiger partial charge on any atom is 0.243 e. The monoisotopic (exact) mass is 379 g/mol. The average molecular weight is 379 g/mol. The summed E-state index contributed by atoms with van der Waals surface area (Å²) in [6.07, 6.45) is 2.42. The van der Waals surface area contributed by atoms with Gasteiger partial charge in [-0.2, -0.15) is 4.31 Å². The van der Waals surface area contributed by atoms with Crippen molar-refractivity contribution in [2.75, 3.05) is 26.2 Å². The lowest BCUT2D eigenvalue weighted by atomic mass is 10.1. The van der Waals surface area contributed by atoms with Gasteiger partial charge in [-0.15, -0.1) is 0 Å². The maximum atomic E-state index is 12.8. The summed E-state index contributed by atoms with van der Waals surface area (Å²) in [5.74, 6) is -0.0270. The molecule has 8 heteroatoms. The van der Waals surface area contributed by atoms with Gasteiger partial charge in [0.05, 0.1) is 4.90 Å². The lowest BCUT2D eigenvalue weighted by Gasteiger charge is -2.35.